The van der Waals surface area contributed by atoms with Crippen molar-refractivity contribution >= 4 is 21.9 Å². The smallest absolute Gasteiger partial charge is 0.358 e. The van der Waals surface area contributed by atoms with Crippen LogP contribution >= 0.6 is 15.9 Å². The fourth-order valence-electron chi connectivity index (χ4n) is 1.97. The number of carboxylic acid groups (broad SMARTS) is 1. The van der Waals surface area contributed by atoms with E-state index in [1.165, 1.54) is 0 Å². The molecule has 2 rings (SSSR count). The molecule has 6 heteroatoms. The standard InChI is InChI=1S/C13H14BrN3O2/c1-8(2)12-11(13(18)19)15-16-17(12)7-9-4-3-5-10(14)6-9/h3-6,8H,7H2,1-2H3,(H,18,19). The molecule has 0 bridgehead atoms. The highest BCUT2D eigenvalue weighted by molar-refractivity contribution is 9.10. The van der Waals surface area contributed by atoms with Crippen LogP contribution in [0.3, 0.4) is 0 Å². The minimum absolute atomic E-state index is 0.0324. The van der Waals surface area contributed by atoms with Crippen LogP contribution in [-0.2, 0) is 6.54 Å². The van der Waals surface area contributed by atoms with Crippen molar-refractivity contribution in [2.75, 3.05) is 0 Å². The van der Waals surface area contributed by atoms with Crippen molar-refractivity contribution in [3.8, 4) is 0 Å². The largest absolute Gasteiger partial charge is 0.476 e. The van der Waals surface area contributed by atoms with E-state index in [1.807, 2.05) is 38.1 Å². The molecule has 0 spiro atoms. The maximum Gasteiger partial charge on any atom is 0.358 e. The molecule has 0 aliphatic heterocycles. The first-order valence-corrected chi connectivity index (χ1v) is 6.69. The molecular formula is C13H14BrN3O2. The van der Waals surface area contributed by atoms with Gasteiger partial charge in [-0.1, -0.05) is 47.1 Å². The number of hydrogen-bond acceptors (Lipinski definition) is 3. The number of hydrogen-bond donors (Lipinski definition) is 1. The fraction of sp³-hybridized carbons (Fsp3) is 0.308. The van der Waals surface area contributed by atoms with E-state index in [4.69, 9.17) is 5.11 Å². The summed E-state index contributed by atoms with van der Waals surface area (Å²) in [4.78, 5) is 11.1. The van der Waals surface area contributed by atoms with Crippen molar-refractivity contribution in [2.24, 2.45) is 0 Å². The van der Waals surface area contributed by atoms with Crippen LogP contribution in [0.25, 0.3) is 0 Å². The SMILES string of the molecule is CC(C)c1c(C(=O)O)nnn1Cc1cccc(Br)c1. The molecule has 0 fully saturated rings. The molecule has 0 amide bonds. The van der Waals surface area contributed by atoms with Crippen LogP contribution in [0.1, 0.15) is 41.5 Å². The van der Waals surface area contributed by atoms with Gasteiger partial charge in [0.15, 0.2) is 5.69 Å². The Labute approximate surface area is 119 Å². The van der Waals surface area contributed by atoms with Crippen LogP contribution in [0.5, 0.6) is 0 Å². The zero-order valence-electron chi connectivity index (χ0n) is 10.7. The Hall–Kier alpha value is -1.69. The average Bonchev–Trinajstić information content (AvgIpc) is 2.73. The molecule has 1 heterocycles. The van der Waals surface area contributed by atoms with Crippen LogP contribution < -0.4 is 0 Å². The van der Waals surface area contributed by atoms with Crippen molar-refractivity contribution in [1.82, 2.24) is 15.0 Å². The fourth-order valence-corrected chi connectivity index (χ4v) is 2.42. The predicted molar refractivity (Wildman–Crippen MR) is 74.3 cm³/mol. The molecule has 2 aromatic rings. The van der Waals surface area contributed by atoms with Crippen molar-refractivity contribution in [1.29, 1.82) is 0 Å². The molecule has 1 aromatic heterocycles. The summed E-state index contributed by atoms with van der Waals surface area (Å²) in [5, 5.41) is 16.8. The minimum atomic E-state index is -1.04. The molecular weight excluding hydrogens is 310 g/mol. The molecule has 0 saturated carbocycles. The van der Waals surface area contributed by atoms with Crippen molar-refractivity contribution in [2.45, 2.75) is 26.3 Å². The highest BCUT2D eigenvalue weighted by Gasteiger charge is 2.21. The van der Waals surface area contributed by atoms with E-state index in [9.17, 15) is 4.79 Å². The zero-order chi connectivity index (χ0) is 14.0. The average molecular weight is 324 g/mol. The molecule has 0 aliphatic rings. The first kappa shape index (κ1) is 13.7. The summed E-state index contributed by atoms with van der Waals surface area (Å²) in [6.45, 7) is 4.37. The Morgan fingerprint density at radius 1 is 1.47 bits per heavy atom. The van der Waals surface area contributed by atoms with Gasteiger partial charge in [-0.25, -0.2) is 9.48 Å². The van der Waals surface area contributed by atoms with Gasteiger partial charge in [-0.15, -0.1) is 5.10 Å². The lowest BCUT2D eigenvalue weighted by atomic mass is 10.1. The monoisotopic (exact) mass is 323 g/mol. The van der Waals surface area contributed by atoms with E-state index in [0.717, 1.165) is 10.0 Å². The second-order valence-electron chi connectivity index (χ2n) is 4.57. The van der Waals surface area contributed by atoms with Crippen LogP contribution in [0.2, 0.25) is 0 Å². The Morgan fingerprint density at radius 2 is 2.21 bits per heavy atom. The van der Waals surface area contributed by atoms with Gasteiger partial charge in [-0.2, -0.15) is 0 Å². The molecule has 19 heavy (non-hydrogen) atoms. The van der Waals surface area contributed by atoms with Gasteiger partial charge in [0.25, 0.3) is 0 Å². The lowest BCUT2D eigenvalue weighted by Gasteiger charge is -2.10. The Bertz CT molecular complexity index is 608. The Kier molecular flexibility index (Phi) is 3.99. The predicted octanol–water partition coefficient (Wildman–Crippen LogP) is 2.91. The van der Waals surface area contributed by atoms with Crippen molar-refractivity contribution in [3.63, 3.8) is 0 Å². The number of benzene rings is 1. The van der Waals surface area contributed by atoms with E-state index in [2.05, 4.69) is 26.2 Å². The topological polar surface area (TPSA) is 68.0 Å². The first-order valence-electron chi connectivity index (χ1n) is 5.90. The lowest BCUT2D eigenvalue weighted by Crippen LogP contribution is -2.10. The Morgan fingerprint density at radius 3 is 2.79 bits per heavy atom. The van der Waals surface area contributed by atoms with Gasteiger partial charge in [0.1, 0.15) is 0 Å². The number of aromatic carboxylic acids is 1. The molecule has 100 valence electrons. The summed E-state index contributed by atoms with van der Waals surface area (Å²) in [6.07, 6.45) is 0. The Balaban J connectivity index is 2.38. The molecule has 1 aromatic carbocycles. The van der Waals surface area contributed by atoms with Gasteiger partial charge in [0, 0.05) is 4.47 Å². The van der Waals surface area contributed by atoms with Gasteiger partial charge in [-0.05, 0) is 23.6 Å². The summed E-state index contributed by atoms with van der Waals surface area (Å²) >= 11 is 3.41. The quantitative estimate of drug-likeness (QED) is 0.939. The van der Waals surface area contributed by atoms with E-state index >= 15 is 0 Å². The third-order valence-electron chi connectivity index (χ3n) is 2.74. The van der Waals surface area contributed by atoms with Crippen LogP contribution in [0.4, 0.5) is 0 Å². The third kappa shape index (κ3) is 3.01. The summed E-state index contributed by atoms with van der Waals surface area (Å²) in [7, 11) is 0. The second-order valence-corrected chi connectivity index (χ2v) is 5.49. The van der Waals surface area contributed by atoms with E-state index in [-0.39, 0.29) is 11.6 Å². The second kappa shape index (κ2) is 5.52. The summed E-state index contributed by atoms with van der Waals surface area (Å²) < 4.78 is 2.63. The molecule has 0 aliphatic carbocycles. The van der Waals surface area contributed by atoms with Gasteiger partial charge in [0.05, 0.1) is 12.2 Å². The summed E-state index contributed by atoms with van der Waals surface area (Å²) in [5.74, 6) is -0.988. The minimum Gasteiger partial charge on any atom is -0.476 e. The molecule has 5 nitrogen and oxygen atoms in total. The highest BCUT2D eigenvalue weighted by atomic mass is 79.9. The number of halogens is 1. The van der Waals surface area contributed by atoms with Crippen molar-refractivity contribution in [3.05, 3.63) is 45.7 Å². The molecule has 1 N–H and O–H groups in total. The maximum absolute atomic E-state index is 11.1. The van der Waals surface area contributed by atoms with E-state index in [0.29, 0.717) is 12.2 Å². The summed E-state index contributed by atoms with van der Waals surface area (Å²) in [6, 6.07) is 7.82. The third-order valence-corrected chi connectivity index (χ3v) is 3.24. The number of aromatic nitrogens is 3. The van der Waals surface area contributed by atoms with Crippen molar-refractivity contribution < 1.29 is 9.90 Å². The number of carboxylic acids is 1. The summed E-state index contributed by atoms with van der Waals surface area (Å²) in [5.41, 5.74) is 1.72. The van der Waals surface area contributed by atoms with E-state index < -0.39 is 5.97 Å². The van der Waals surface area contributed by atoms with Crippen LogP contribution in [-0.4, -0.2) is 26.1 Å². The normalized spacial score (nSPS) is 10.9. The van der Waals surface area contributed by atoms with Gasteiger partial charge in [-0.3, -0.25) is 0 Å². The molecule has 0 radical (unpaired) electrons. The number of rotatable bonds is 4. The molecule has 0 atom stereocenters. The lowest BCUT2D eigenvalue weighted by molar-refractivity contribution is 0.0688. The number of carbonyl (C=O) groups is 1. The molecule has 0 unspecified atom stereocenters. The van der Waals surface area contributed by atoms with E-state index in [1.54, 1.807) is 4.68 Å². The zero-order valence-corrected chi connectivity index (χ0v) is 12.3. The van der Waals surface area contributed by atoms with Crippen LogP contribution in [0.15, 0.2) is 28.7 Å². The molecule has 0 saturated heterocycles. The van der Waals surface area contributed by atoms with Crippen LogP contribution in [0, 0.1) is 0 Å². The first-order chi connectivity index (χ1) is 8.99. The number of nitrogens with zero attached hydrogens (tertiary/aromatic N) is 3. The van der Waals surface area contributed by atoms with Gasteiger partial charge < -0.3 is 5.11 Å². The van der Waals surface area contributed by atoms with Gasteiger partial charge >= 0.3 is 5.97 Å². The highest BCUT2D eigenvalue weighted by Crippen LogP contribution is 2.19. The maximum atomic E-state index is 11.1. The van der Waals surface area contributed by atoms with Gasteiger partial charge in [0.2, 0.25) is 0 Å².